The predicted octanol–water partition coefficient (Wildman–Crippen LogP) is 7.04. The fourth-order valence-corrected chi connectivity index (χ4v) is 3.53. The van der Waals surface area contributed by atoms with Gasteiger partial charge in [0.15, 0.2) is 0 Å². The third-order valence-corrected chi connectivity index (χ3v) is 5.43. The summed E-state index contributed by atoms with van der Waals surface area (Å²) < 4.78 is 4.47. The van der Waals surface area contributed by atoms with Crippen LogP contribution in [0.15, 0.2) is 12.2 Å². The van der Waals surface area contributed by atoms with E-state index in [1.165, 1.54) is 64.9 Å². The maximum atomic E-state index is 11.2. The summed E-state index contributed by atoms with van der Waals surface area (Å²) in [5.41, 5.74) is 0. The molecule has 2 atom stereocenters. The van der Waals surface area contributed by atoms with E-state index in [0.717, 1.165) is 37.5 Å². The van der Waals surface area contributed by atoms with Gasteiger partial charge in [0.1, 0.15) is 5.78 Å². The minimum atomic E-state index is -0.121. The van der Waals surface area contributed by atoms with E-state index in [4.69, 9.17) is 0 Å². The van der Waals surface area contributed by atoms with E-state index in [1.54, 1.807) is 0 Å². The van der Waals surface area contributed by atoms with Crippen molar-refractivity contribution in [3.8, 4) is 0 Å². The number of esters is 1. The normalized spacial score (nSPS) is 17.6. The lowest BCUT2D eigenvalue weighted by Crippen LogP contribution is -2.01. The zero-order chi connectivity index (χ0) is 20.3. The Labute approximate surface area is 168 Å². The molecule has 0 radical (unpaired) electrons. The van der Waals surface area contributed by atoms with E-state index in [-0.39, 0.29) is 5.97 Å². The zero-order valence-electron chi connectivity index (χ0n) is 18.4. The quantitative estimate of drug-likeness (QED) is 0.195. The molecule has 3 nitrogen and oxygen atoms in total. The zero-order valence-corrected chi connectivity index (χ0v) is 18.4. The molecule has 0 aromatic heterocycles. The Hall–Kier alpha value is -1.12. The number of methoxy groups -OCH3 is 1. The van der Waals surface area contributed by atoms with E-state index in [9.17, 15) is 9.59 Å². The summed E-state index contributed by atoms with van der Waals surface area (Å²) >= 11 is 0. The van der Waals surface area contributed by atoms with Crippen LogP contribution in [0.25, 0.3) is 0 Å². The highest BCUT2D eigenvalue weighted by molar-refractivity contribution is 5.80. The van der Waals surface area contributed by atoms with Gasteiger partial charge in [-0.1, -0.05) is 70.9 Å². The van der Waals surface area contributed by atoms with Gasteiger partial charge in [-0.3, -0.25) is 9.59 Å². The molecule has 158 valence electrons. The molecule has 0 saturated heterocycles. The van der Waals surface area contributed by atoms with Crippen molar-refractivity contribution in [3.05, 3.63) is 12.2 Å². The van der Waals surface area contributed by atoms with Crippen molar-refractivity contribution in [2.75, 3.05) is 7.11 Å². The summed E-state index contributed by atoms with van der Waals surface area (Å²) in [6.45, 7) is 6.63. The summed E-state index contributed by atoms with van der Waals surface area (Å²) in [4.78, 5) is 21.7. The van der Waals surface area contributed by atoms with E-state index < -0.39 is 0 Å². The molecular weight excluding hydrogens is 336 g/mol. The van der Waals surface area contributed by atoms with E-state index in [2.05, 4.69) is 18.6 Å². The van der Waals surface area contributed by atoms with Gasteiger partial charge < -0.3 is 4.74 Å². The van der Waals surface area contributed by atoms with Crippen LogP contribution >= 0.6 is 0 Å². The summed E-state index contributed by atoms with van der Waals surface area (Å²) in [6, 6.07) is 0. The second-order valence-electron chi connectivity index (χ2n) is 8.07. The number of rotatable bonds is 13. The van der Waals surface area contributed by atoms with Crippen molar-refractivity contribution < 1.29 is 14.3 Å². The van der Waals surface area contributed by atoms with Crippen LogP contribution in [-0.4, -0.2) is 18.9 Å². The number of hydrogen-bond acceptors (Lipinski definition) is 3. The standard InChI is InChI=1S/C16H30O.C8H14O2/c1-3-4-5-6-7-8-14(2)9-10-15-11-12-16(17)13-15;1-3-4-5-6-7-8(9)10-2/h14-15H,3-13H2,1-2H3;3-4H,5-7H2,1-2H3/b;4-3-. The third kappa shape index (κ3) is 16.8. The van der Waals surface area contributed by atoms with Crippen LogP contribution in [0.5, 0.6) is 0 Å². The summed E-state index contributed by atoms with van der Waals surface area (Å²) in [5.74, 6) is 1.98. The molecular formula is C24H44O3. The largest absolute Gasteiger partial charge is 0.469 e. The summed E-state index contributed by atoms with van der Waals surface area (Å²) in [6.07, 6.45) is 20.3. The SMILES string of the molecule is C/C=C\CCCC(=O)OC.CCCCCCCC(C)CCC1CCC(=O)C1. The van der Waals surface area contributed by atoms with Gasteiger partial charge in [0.05, 0.1) is 7.11 Å². The molecule has 0 spiro atoms. The Morgan fingerprint density at radius 2 is 1.93 bits per heavy atom. The van der Waals surface area contributed by atoms with E-state index >= 15 is 0 Å². The number of carbonyl (C=O) groups excluding carboxylic acids is 2. The van der Waals surface area contributed by atoms with Gasteiger partial charge in [-0.05, 0) is 44.4 Å². The molecule has 0 bridgehead atoms. The van der Waals surface area contributed by atoms with Crippen LogP contribution < -0.4 is 0 Å². The minimum Gasteiger partial charge on any atom is -0.469 e. The van der Waals surface area contributed by atoms with Gasteiger partial charge in [-0.15, -0.1) is 0 Å². The fraction of sp³-hybridized carbons (Fsp3) is 0.833. The topological polar surface area (TPSA) is 43.4 Å². The fourth-order valence-electron chi connectivity index (χ4n) is 3.53. The number of ether oxygens (including phenoxy) is 1. The molecule has 1 fully saturated rings. The van der Waals surface area contributed by atoms with Crippen molar-refractivity contribution in [2.45, 2.75) is 111 Å². The first-order valence-corrected chi connectivity index (χ1v) is 11.2. The van der Waals surface area contributed by atoms with Crippen LogP contribution in [-0.2, 0) is 14.3 Å². The highest BCUT2D eigenvalue weighted by atomic mass is 16.5. The van der Waals surface area contributed by atoms with E-state index in [1.807, 2.05) is 19.1 Å². The maximum absolute atomic E-state index is 11.2. The van der Waals surface area contributed by atoms with E-state index in [0.29, 0.717) is 12.2 Å². The lowest BCUT2D eigenvalue weighted by molar-refractivity contribution is -0.140. The average Bonchev–Trinajstić information content (AvgIpc) is 3.09. The molecule has 1 aliphatic rings. The van der Waals surface area contributed by atoms with Gasteiger partial charge in [-0.2, -0.15) is 0 Å². The van der Waals surface area contributed by atoms with Crippen molar-refractivity contribution in [1.82, 2.24) is 0 Å². The number of Topliss-reactive ketones (excluding diaryl/α,β-unsaturated/α-hetero) is 1. The molecule has 0 aliphatic heterocycles. The first-order valence-electron chi connectivity index (χ1n) is 11.2. The molecule has 0 aromatic rings. The molecule has 0 amide bonds. The number of allylic oxidation sites excluding steroid dienone is 2. The molecule has 3 heteroatoms. The lowest BCUT2D eigenvalue weighted by Gasteiger charge is -2.14. The molecule has 1 aliphatic carbocycles. The molecule has 2 unspecified atom stereocenters. The Balaban J connectivity index is 0.000000580. The summed E-state index contributed by atoms with van der Waals surface area (Å²) in [5, 5.41) is 0. The van der Waals surface area contributed by atoms with Crippen LogP contribution in [0.1, 0.15) is 111 Å². The number of carbonyl (C=O) groups is 2. The molecule has 0 N–H and O–H groups in total. The average molecular weight is 381 g/mol. The van der Waals surface area contributed by atoms with Crippen LogP contribution in [0.2, 0.25) is 0 Å². The number of hydrogen-bond donors (Lipinski definition) is 0. The van der Waals surface area contributed by atoms with Crippen LogP contribution in [0, 0.1) is 11.8 Å². The Morgan fingerprint density at radius 1 is 1.19 bits per heavy atom. The molecule has 1 saturated carbocycles. The predicted molar refractivity (Wildman–Crippen MR) is 115 cm³/mol. The van der Waals surface area contributed by atoms with Gasteiger partial charge >= 0.3 is 5.97 Å². The van der Waals surface area contributed by atoms with Gasteiger partial charge in [0.25, 0.3) is 0 Å². The van der Waals surface area contributed by atoms with Gasteiger partial charge in [0, 0.05) is 19.3 Å². The Morgan fingerprint density at radius 3 is 2.52 bits per heavy atom. The van der Waals surface area contributed by atoms with Crippen LogP contribution in [0.3, 0.4) is 0 Å². The van der Waals surface area contributed by atoms with Crippen molar-refractivity contribution in [1.29, 1.82) is 0 Å². The minimum absolute atomic E-state index is 0.121. The number of ketones is 1. The first kappa shape index (κ1) is 25.9. The van der Waals surface area contributed by atoms with Gasteiger partial charge in [-0.25, -0.2) is 0 Å². The third-order valence-electron chi connectivity index (χ3n) is 5.43. The maximum Gasteiger partial charge on any atom is 0.305 e. The lowest BCUT2D eigenvalue weighted by atomic mass is 9.92. The first-order chi connectivity index (χ1) is 13.0. The molecule has 0 aromatic carbocycles. The molecule has 0 heterocycles. The highest BCUT2D eigenvalue weighted by Gasteiger charge is 2.21. The second kappa shape index (κ2) is 18.3. The number of unbranched alkanes of at least 4 members (excludes halogenated alkanes) is 5. The van der Waals surface area contributed by atoms with Crippen molar-refractivity contribution in [3.63, 3.8) is 0 Å². The second-order valence-corrected chi connectivity index (χ2v) is 8.07. The highest BCUT2D eigenvalue weighted by Crippen LogP contribution is 2.28. The monoisotopic (exact) mass is 380 g/mol. The van der Waals surface area contributed by atoms with Crippen LogP contribution in [0.4, 0.5) is 0 Å². The Bertz CT molecular complexity index is 400. The molecule has 27 heavy (non-hydrogen) atoms. The molecule has 1 rings (SSSR count). The van der Waals surface area contributed by atoms with Crippen molar-refractivity contribution in [2.24, 2.45) is 11.8 Å². The summed E-state index contributed by atoms with van der Waals surface area (Å²) in [7, 11) is 1.41. The van der Waals surface area contributed by atoms with Gasteiger partial charge in [0.2, 0.25) is 0 Å². The Kier molecular flexibility index (Phi) is 17.5. The smallest absolute Gasteiger partial charge is 0.305 e. The van der Waals surface area contributed by atoms with Crippen molar-refractivity contribution >= 4 is 11.8 Å².